The Morgan fingerprint density at radius 2 is 1.94 bits per heavy atom. The molecule has 0 aliphatic heterocycles. The van der Waals surface area contributed by atoms with Gasteiger partial charge in [0.1, 0.15) is 0 Å². The zero-order chi connectivity index (χ0) is 11.8. The van der Waals surface area contributed by atoms with E-state index in [9.17, 15) is 13.2 Å². The van der Waals surface area contributed by atoms with Gasteiger partial charge in [-0.3, -0.25) is 0 Å². The highest BCUT2D eigenvalue weighted by Crippen LogP contribution is 2.37. The highest BCUT2D eigenvalue weighted by Gasteiger charge is 2.31. The smallest absolute Gasteiger partial charge is 0.166 e. The van der Waals surface area contributed by atoms with Gasteiger partial charge in [-0.15, -0.1) is 0 Å². The molecule has 16 heavy (non-hydrogen) atoms. The lowest BCUT2D eigenvalue weighted by atomic mass is 10.0. The average Bonchev–Trinajstić information content (AvgIpc) is 2.69. The summed E-state index contributed by atoms with van der Waals surface area (Å²) in [4.78, 5) is 0. The largest absolute Gasteiger partial charge is 0.416 e. The molecule has 0 fully saturated rings. The molecular formula is C12H10BrF3. The molecule has 2 rings (SSSR count). The van der Waals surface area contributed by atoms with Crippen molar-refractivity contribution in [2.75, 3.05) is 0 Å². The summed E-state index contributed by atoms with van der Waals surface area (Å²) in [6.45, 7) is 0. The Kier molecular flexibility index (Phi) is 3.10. The summed E-state index contributed by atoms with van der Waals surface area (Å²) in [5.74, 6) is 0. The first-order valence-corrected chi connectivity index (χ1v) is 5.84. The molecule has 1 aromatic rings. The van der Waals surface area contributed by atoms with Crippen LogP contribution >= 0.6 is 15.9 Å². The van der Waals surface area contributed by atoms with E-state index in [4.69, 9.17) is 0 Å². The van der Waals surface area contributed by atoms with Crippen LogP contribution in [-0.4, -0.2) is 0 Å². The molecule has 0 aromatic heterocycles. The van der Waals surface area contributed by atoms with E-state index in [-0.39, 0.29) is 0 Å². The summed E-state index contributed by atoms with van der Waals surface area (Å²) in [7, 11) is 0. The third-order valence-electron chi connectivity index (χ3n) is 2.68. The molecule has 0 unspecified atom stereocenters. The van der Waals surface area contributed by atoms with Gasteiger partial charge in [-0.05, 0) is 48.6 Å². The quantitative estimate of drug-likeness (QED) is 0.680. The number of benzene rings is 1. The highest BCUT2D eigenvalue weighted by molar-refractivity contribution is 9.10. The van der Waals surface area contributed by atoms with E-state index in [0.717, 1.165) is 35.4 Å². The number of rotatable bonds is 1. The van der Waals surface area contributed by atoms with Crippen molar-refractivity contribution < 1.29 is 13.2 Å². The second kappa shape index (κ2) is 4.24. The monoisotopic (exact) mass is 290 g/mol. The predicted molar refractivity (Wildman–Crippen MR) is 61.0 cm³/mol. The van der Waals surface area contributed by atoms with Crippen molar-refractivity contribution >= 4 is 21.5 Å². The molecule has 1 aliphatic rings. The van der Waals surface area contributed by atoms with E-state index in [1.807, 2.05) is 6.08 Å². The Hall–Kier alpha value is -0.770. The molecule has 1 aliphatic carbocycles. The Balaban J connectivity index is 2.44. The minimum absolute atomic E-state index is 0.585. The highest BCUT2D eigenvalue weighted by atomic mass is 79.9. The lowest BCUT2D eigenvalue weighted by Gasteiger charge is -2.11. The third kappa shape index (κ3) is 2.32. The van der Waals surface area contributed by atoms with E-state index >= 15 is 0 Å². The molecule has 86 valence electrons. The van der Waals surface area contributed by atoms with E-state index in [0.29, 0.717) is 5.56 Å². The second-order valence-electron chi connectivity index (χ2n) is 3.81. The third-order valence-corrected chi connectivity index (χ3v) is 3.37. The van der Waals surface area contributed by atoms with Crippen LogP contribution in [0.25, 0.3) is 5.57 Å². The maximum atomic E-state index is 12.6. The van der Waals surface area contributed by atoms with Crippen molar-refractivity contribution in [3.8, 4) is 0 Å². The van der Waals surface area contributed by atoms with Crippen LogP contribution in [0.15, 0.2) is 28.7 Å². The van der Waals surface area contributed by atoms with E-state index in [1.165, 1.54) is 12.1 Å². The Bertz CT molecular complexity index is 432. The summed E-state index contributed by atoms with van der Waals surface area (Å²) < 4.78 is 38.4. The SMILES string of the molecule is FC(F)(F)c1ccc(Br)c(C2=CCCC2)c1. The van der Waals surface area contributed by atoms with Gasteiger partial charge in [-0.1, -0.05) is 22.0 Å². The van der Waals surface area contributed by atoms with Crippen LogP contribution in [0.5, 0.6) is 0 Å². The van der Waals surface area contributed by atoms with Gasteiger partial charge in [0.05, 0.1) is 5.56 Å². The van der Waals surface area contributed by atoms with Crippen molar-refractivity contribution in [2.24, 2.45) is 0 Å². The van der Waals surface area contributed by atoms with Gasteiger partial charge >= 0.3 is 6.18 Å². The molecule has 1 aromatic carbocycles. The standard InChI is InChI=1S/C12H10BrF3/c13-11-6-5-9(12(14,15)16)7-10(11)8-3-1-2-4-8/h3,5-7H,1-2,4H2. The maximum absolute atomic E-state index is 12.6. The van der Waals surface area contributed by atoms with Gasteiger partial charge in [-0.2, -0.15) is 13.2 Å². The lowest BCUT2D eigenvalue weighted by molar-refractivity contribution is -0.137. The van der Waals surface area contributed by atoms with Gasteiger partial charge in [0.15, 0.2) is 0 Å². The predicted octanol–water partition coefficient (Wildman–Crippen LogP) is 5.04. The van der Waals surface area contributed by atoms with Gasteiger partial charge in [0.25, 0.3) is 0 Å². The van der Waals surface area contributed by atoms with E-state index < -0.39 is 11.7 Å². The van der Waals surface area contributed by atoms with Crippen molar-refractivity contribution in [3.63, 3.8) is 0 Å². The van der Waals surface area contributed by atoms with Gasteiger partial charge in [0, 0.05) is 4.47 Å². The molecule has 0 radical (unpaired) electrons. The van der Waals surface area contributed by atoms with Crippen molar-refractivity contribution in [1.82, 2.24) is 0 Å². The van der Waals surface area contributed by atoms with E-state index in [2.05, 4.69) is 15.9 Å². The summed E-state index contributed by atoms with van der Waals surface area (Å²) in [6.07, 6.45) is 0.588. The summed E-state index contributed by atoms with van der Waals surface area (Å²) in [5, 5.41) is 0. The van der Waals surface area contributed by atoms with Crippen LogP contribution in [0.2, 0.25) is 0 Å². The Labute approximate surface area is 100 Å². The normalized spacial score (nSPS) is 16.4. The zero-order valence-electron chi connectivity index (χ0n) is 8.44. The maximum Gasteiger partial charge on any atom is 0.416 e. The van der Waals surface area contributed by atoms with Gasteiger partial charge in [-0.25, -0.2) is 0 Å². The number of allylic oxidation sites excluding steroid dienone is 2. The minimum Gasteiger partial charge on any atom is -0.166 e. The molecular weight excluding hydrogens is 281 g/mol. The van der Waals surface area contributed by atoms with Crippen molar-refractivity contribution in [2.45, 2.75) is 25.4 Å². The first-order chi connectivity index (χ1) is 7.48. The first-order valence-electron chi connectivity index (χ1n) is 5.04. The molecule has 0 saturated heterocycles. The van der Waals surface area contributed by atoms with Crippen LogP contribution in [0, 0.1) is 0 Å². The Morgan fingerprint density at radius 1 is 1.19 bits per heavy atom. The topological polar surface area (TPSA) is 0 Å². The summed E-state index contributed by atoms with van der Waals surface area (Å²) in [5.41, 5.74) is 1.10. The number of hydrogen-bond donors (Lipinski definition) is 0. The Morgan fingerprint density at radius 3 is 2.50 bits per heavy atom. The van der Waals surface area contributed by atoms with Crippen molar-refractivity contribution in [1.29, 1.82) is 0 Å². The average molecular weight is 291 g/mol. The molecule has 0 amide bonds. The molecule has 0 heterocycles. The fourth-order valence-electron chi connectivity index (χ4n) is 1.86. The molecule has 0 bridgehead atoms. The van der Waals surface area contributed by atoms with Crippen LogP contribution in [0.3, 0.4) is 0 Å². The summed E-state index contributed by atoms with van der Waals surface area (Å²) in [6, 6.07) is 3.79. The number of alkyl halides is 3. The fraction of sp³-hybridized carbons (Fsp3) is 0.333. The molecule has 0 atom stereocenters. The van der Waals surface area contributed by atoms with Gasteiger partial charge in [0.2, 0.25) is 0 Å². The van der Waals surface area contributed by atoms with Crippen molar-refractivity contribution in [3.05, 3.63) is 39.9 Å². The molecule has 0 spiro atoms. The van der Waals surface area contributed by atoms with Crippen LogP contribution in [-0.2, 0) is 6.18 Å². The molecule has 4 heteroatoms. The van der Waals surface area contributed by atoms with Crippen LogP contribution in [0.1, 0.15) is 30.4 Å². The number of hydrogen-bond acceptors (Lipinski definition) is 0. The van der Waals surface area contributed by atoms with E-state index in [1.54, 1.807) is 0 Å². The second-order valence-corrected chi connectivity index (χ2v) is 4.67. The summed E-state index contributed by atoms with van der Waals surface area (Å²) >= 11 is 3.30. The van der Waals surface area contributed by atoms with Crippen LogP contribution in [0.4, 0.5) is 13.2 Å². The molecule has 0 N–H and O–H groups in total. The molecule has 0 saturated carbocycles. The van der Waals surface area contributed by atoms with Gasteiger partial charge < -0.3 is 0 Å². The van der Waals surface area contributed by atoms with Crippen LogP contribution < -0.4 is 0 Å². The fourth-order valence-corrected chi connectivity index (χ4v) is 2.36. The lowest BCUT2D eigenvalue weighted by Crippen LogP contribution is -2.05. The molecule has 0 nitrogen and oxygen atoms in total. The minimum atomic E-state index is -4.27. The zero-order valence-corrected chi connectivity index (χ0v) is 10.0. The number of halogens is 4. The first kappa shape index (κ1) is 11.7.